The minimum absolute atomic E-state index is 0.185. The van der Waals surface area contributed by atoms with Gasteiger partial charge in [-0.15, -0.1) is 0 Å². The van der Waals surface area contributed by atoms with Crippen LogP contribution < -0.4 is 19.5 Å². The molecule has 0 spiro atoms. The minimum atomic E-state index is -0.383. The van der Waals surface area contributed by atoms with Crippen molar-refractivity contribution in [3.63, 3.8) is 0 Å². The number of hydrogen-bond donors (Lipinski definition) is 1. The second kappa shape index (κ2) is 10.4. The standard InChI is InChI=1S/C26H19FN2O5S2/c27-18-5-7-19(8-6-18)28-24(30)14-32-20-3-1-2-16(10-20)12-23-25(31)29(26(35)36-23)13-17-4-9-21-22(11-17)34-15-33-21/h1-12H,13-15H2,(H,28,30)/b23-12-. The maximum atomic E-state index is 13.0. The molecule has 5 rings (SSSR count). The predicted octanol–water partition coefficient (Wildman–Crippen LogP) is 4.97. The SMILES string of the molecule is O=C(COc1cccc(/C=C2\SC(=S)N(Cc3ccc4c(c3)OCO4)C2=O)c1)Nc1ccc(F)cc1. The van der Waals surface area contributed by atoms with Crippen LogP contribution in [0.3, 0.4) is 0 Å². The van der Waals surface area contributed by atoms with E-state index < -0.39 is 0 Å². The van der Waals surface area contributed by atoms with E-state index in [2.05, 4.69) is 5.32 Å². The quantitative estimate of drug-likeness (QED) is 0.347. The van der Waals surface area contributed by atoms with Crippen molar-refractivity contribution in [1.82, 2.24) is 4.90 Å². The van der Waals surface area contributed by atoms with Crippen molar-refractivity contribution < 1.29 is 28.2 Å². The molecular weight excluding hydrogens is 503 g/mol. The second-order valence-electron chi connectivity index (χ2n) is 7.87. The Kier molecular flexibility index (Phi) is 6.88. The molecule has 2 heterocycles. The smallest absolute Gasteiger partial charge is 0.266 e. The van der Waals surface area contributed by atoms with Crippen LogP contribution >= 0.6 is 24.0 Å². The largest absolute Gasteiger partial charge is 0.484 e. The third-order valence-corrected chi connectivity index (χ3v) is 6.68. The first-order valence-electron chi connectivity index (χ1n) is 10.9. The summed E-state index contributed by atoms with van der Waals surface area (Å²) in [5.74, 6) is 0.847. The van der Waals surface area contributed by atoms with E-state index in [-0.39, 0.29) is 31.0 Å². The number of hydrogen-bond acceptors (Lipinski definition) is 7. The molecule has 10 heteroatoms. The summed E-state index contributed by atoms with van der Waals surface area (Å²) >= 11 is 6.68. The highest BCUT2D eigenvalue weighted by molar-refractivity contribution is 8.26. The Morgan fingerprint density at radius 3 is 2.75 bits per heavy atom. The third-order valence-electron chi connectivity index (χ3n) is 5.31. The number of carbonyl (C=O) groups is 2. The van der Waals surface area contributed by atoms with Crippen LogP contribution in [0, 0.1) is 5.82 Å². The lowest BCUT2D eigenvalue weighted by Gasteiger charge is -2.14. The van der Waals surface area contributed by atoms with E-state index in [4.69, 9.17) is 26.4 Å². The van der Waals surface area contributed by atoms with Gasteiger partial charge in [0.15, 0.2) is 18.1 Å². The van der Waals surface area contributed by atoms with E-state index in [9.17, 15) is 14.0 Å². The molecule has 182 valence electrons. The average molecular weight is 523 g/mol. The van der Waals surface area contributed by atoms with Crippen molar-refractivity contribution in [3.8, 4) is 17.2 Å². The molecule has 2 aliphatic heterocycles. The van der Waals surface area contributed by atoms with Crippen LogP contribution in [0.2, 0.25) is 0 Å². The van der Waals surface area contributed by atoms with E-state index in [0.717, 1.165) is 11.1 Å². The maximum absolute atomic E-state index is 13.0. The summed E-state index contributed by atoms with van der Waals surface area (Å²) in [7, 11) is 0. The van der Waals surface area contributed by atoms with Gasteiger partial charge in [-0.05, 0) is 65.7 Å². The topological polar surface area (TPSA) is 77.1 Å². The fourth-order valence-corrected chi connectivity index (χ4v) is 4.84. The molecule has 2 amide bonds. The van der Waals surface area contributed by atoms with Gasteiger partial charge in [0.05, 0.1) is 11.4 Å². The Balaban J connectivity index is 1.21. The lowest BCUT2D eigenvalue weighted by atomic mass is 10.1. The first-order valence-corrected chi connectivity index (χ1v) is 12.1. The molecule has 3 aromatic carbocycles. The van der Waals surface area contributed by atoms with Crippen LogP contribution in [-0.2, 0) is 16.1 Å². The molecule has 1 saturated heterocycles. The Morgan fingerprint density at radius 2 is 1.92 bits per heavy atom. The molecule has 3 aromatic rings. The van der Waals surface area contributed by atoms with E-state index in [0.29, 0.717) is 38.7 Å². The molecule has 1 N–H and O–H groups in total. The fourth-order valence-electron chi connectivity index (χ4n) is 3.58. The molecule has 2 aliphatic rings. The van der Waals surface area contributed by atoms with Gasteiger partial charge in [0.2, 0.25) is 6.79 Å². The second-order valence-corrected chi connectivity index (χ2v) is 9.55. The van der Waals surface area contributed by atoms with Crippen LogP contribution in [0.4, 0.5) is 10.1 Å². The zero-order valence-electron chi connectivity index (χ0n) is 18.7. The number of nitrogens with one attached hydrogen (secondary N) is 1. The van der Waals surface area contributed by atoms with Crippen molar-refractivity contribution >= 4 is 51.9 Å². The van der Waals surface area contributed by atoms with E-state index in [1.807, 2.05) is 24.3 Å². The summed E-state index contributed by atoms with van der Waals surface area (Å²) in [4.78, 5) is 27.2. The molecule has 0 radical (unpaired) electrons. The number of benzene rings is 3. The summed E-state index contributed by atoms with van der Waals surface area (Å²) in [5.41, 5.74) is 2.09. The summed E-state index contributed by atoms with van der Waals surface area (Å²) in [6.45, 7) is 0.285. The monoisotopic (exact) mass is 522 g/mol. The van der Waals surface area contributed by atoms with E-state index >= 15 is 0 Å². The Bertz CT molecular complexity index is 1380. The number of anilines is 1. The molecular formula is C26H19FN2O5S2. The highest BCUT2D eigenvalue weighted by Gasteiger charge is 2.32. The molecule has 1 fully saturated rings. The lowest BCUT2D eigenvalue weighted by Crippen LogP contribution is -2.27. The Hall–Kier alpha value is -3.89. The number of halogens is 1. The fraction of sp³-hybridized carbons (Fsp3) is 0.115. The number of carbonyl (C=O) groups excluding carboxylic acids is 2. The van der Waals surface area contributed by atoms with Gasteiger partial charge in [0.1, 0.15) is 15.9 Å². The number of thioether (sulfide) groups is 1. The first-order chi connectivity index (χ1) is 17.4. The van der Waals surface area contributed by atoms with Crippen LogP contribution in [0.15, 0.2) is 71.6 Å². The van der Waals surface area contributed by atoms with Gasteiger partial charge in [-0.2, -0.15) is 0 Å². The Morgan fingerprint density at radius 1 is 1.11 bits per heavy atom. The molecule has 0 unspecified atom stereocenters. The van der Waals surface area contributed by atoms with Crippen molar-refractivity contribution in [2.24, 2.45) is 0 Å². The van der Waals surface area contributed by atoms with Crippen molar-refractivity contribution in [2.75, 3.05) is 18.7 Å². The van der Waals surface area contributed by atoms with Gasteiger partial charge < -0.3 is 19.5 Å². The lowest BCUT2D eigenvalue weighted by molar-refractivity contribution is -0.122. The number of amides is 2. The van der Waals surface area contributed by atoms with Crippen LogP contribution in [0.5, 0.6) is 17.2 Å². The average Bonchev–Trinajstić information content (AvgIpc) is 3.44. The zero-order chi connectivity index (χ0) is 25.1. The van der Waals surface area contributed by atoms with Gasteiger partial charge >= 0.3 is 0 Å². The van der Waals surface area contributed by atoms with Crippen molar-refractivity contribution in [1.29, 1.82) is 0 Å². The zero-order valence-corrected chi connectivity index (χ0v) is 20.4. The van der Waals surface area contributed by atoms with E-state index in [1.165, 1.54) is 36.0 Å². The summed E-state index contributed by atoms with van der Waals surface area (Å²) in [6, 6.07) is 18.0. The third kappa shape index (κ3) is 5.50. The van der Waals surface area contributed by atoms with Gasteiger partial charge in [-0.3, -0.25) is 14.5 Å². The van der Waals surface area contributed by atoms with E-state index in [1.54, 1.807) is 29.2 Å². The van der Waals surface area contributed by atoms with Gasteiger partial charge in [-0.1, -0.05) is 42.2 Å². The highest BCUT2D eigenvalue weighted by Crippen LogP contribution is 2.36. The van der Waals surface area contributed by atoms with Crippen LogP contribution in [-0.4, -0.2) is 34.4 Å². The first kappa shape index (κ1) is 23.8. The van der Waals surface area contributed by atoms with Gasteiger partial charge in [0.25, 0.3) is 11.8 Å². The van der Waals surface area contributed by atoms with Gasteiger partial charge in [-0.25, -0.2) is 4.39 Å². The van der Waals surface area contributed by atoms with Crippen LogP contribution in [0.25, 0.3) is 6.08 Å². The van der Waals surface area contributed by atoms with Gasteiger partial charge in [0, 0.05) is 5.69 Å². The molecule has 36 heavy (non-hydrogen) atoms. The molecule has 7 nitrogen and oxygen atoms in total. The Labute approximate surface area is 215 Å². The highest BCUT2D eigenvalue weighted by atomic mass is 32.2. The molecule has 0 aromatic heterocycles. The minimum Gasteiger partial charge on any atom is -0.484 e. The molecule has 0 bridgehead atoms. The number of rotatable bonds is 7. The molecule has 0 atom stereocenters. The maximum Gasteiger partial charge on any atom is 0.266 e. The molecule has 0 aliphatic carbocycles. The van der Waals surface area contributed by atoms with Crippen molar-refractivity contribution in [2.45, 2.75) is 6.54 Å². The number of thiocarbonyl (C=S) groups is 1. The van der Waals surface area contributed by atoms with Crippen molar-refractivity contribution in [3.05, 3.63) is 88.6 Å². The number of nitrogens with zero attached hydrogens (tertiary/aromatic N) is 1. The summed E-state index contributed by atoms with van der Waals surface area (Å²) in [5, 5.41) is 2.64. The number of fused-ring (bicyclic) bond motifs is 1. The normalized spacial score (nSPS) is 15.5. The molecule has 0 saturated carbocycles. The number of ether oxygens (including phenoxy) is 3. The summed E-state index contributed by atoms with van der Waals surface area (Å²) < 4.78 is 29.8. The van der Waals surface area contributed by atoms with Crippen LogP contribution in [0.1, 0.15) is 11.1 Å². The predicted molar refractivity (Wildman–Crippen MR) is 138 cm³/mol. The summed E-state index contributed by atoms with van der Waals surface area (Å²) in [6.07, 6.45) is 1.74.